The highest BCUT2D eigenvalue weighted by Crippen LogP contribution is 2.45. The number of carboxylic acid groups (broad SMARTS) is 1. The number of likely N-dealkylation sites (tertiary alicyclic amines) is 1. The van der Waals surface area contributed by atoms with Gasteiger partial charge in [-0.3, -0.25) is 4.90 Å². The molecule has 5 heteroatoms. The Kier molecular flexibility index (Phi) is 5.67. The molecule has 2 atom stereocenters. The van der Waals surface area contributed by atoms with Crippen molar-refractivity contribution in [3.05, 3.63) is 70.4 Å². The SMILES string of the molecule is Cc1cc(C#CC2CC2)c(CN2CC[C@]3(CCCO3)C[C@H]2c2ccc(C(=O)O)cc2)c2cc[nH]c12. The third kappa shape index (κ3) is 4.37. The molecule has 3 heterocycles. The fraction of sp³-hybridized carbons (Fsp3) is 0.433. The van der Waals surface area contributed by atoms with Crippen molar-refractivity contribution >= 4 is 16.9 Å². The van der Waals surface area contributed by atoms with Crippen molar-refractivity contribution < 1.29 is 14.6 Å². The zero-order valence-corrected chi connectivity index (χ0v) is 20.3. The Morgan fingerprint density at radius 1 is 1.23 bits per heavy atom. The molecule has 1 spiro atoms. The van der Waals surface area contributed by atoms with Crippen LogP contribution in [0.3, 0.4) is 0 Å². The number of hydrogen-bond acceptors (Lipinski definition) is 3. The minimum atomic E-state index is -0.888. The van der Waals surface area contributed by atoms with Crippen molar-refractivity contribution in [1.82, 2.24) is 9.88 Å². The first-order valence-electron chi connectivity index (χ1n) is 12.8. The van der Waals surface area contributed by atoms with Crippen LogP contribution in [0.5, 0.6) is 0 Å². The number of aromatic carboxylic acids is 1. The minimum Gasteiger partial charge on any atom is -0.478 e. The molecule has 3 fully saturated rings. The smallest absolute Gasteiger partial charge is 0.335 e. The lowest BCUT2D eigenvalue weighted by molar-refractivity contribution is -0.0675. The highest BCUT2D eigenvalue weighted by molar-refractivity contribution is 5.88. The summed E-state index contributed by atoms with van der Waals surface area (Å²) in [6.45, 7) is 4.75. The summed E-state index contributed by atoms with van der Waals surface area (Å²) in [5.41, 5.74) is 6.27. The second kappa shape index (κ2) is 8.86. The number of ether oxygens (including phenoxy) is 1. The number of hydrogen-bond donors (Lipinski definition) is 2. The van der Waals surface area contributed by atoms with Crippen LogP contribution in [0.25, 0.3) is 10.9 Å². The average Bonchev–Trinajstić information content (AvgIpc) is 3.36. The summed E-state index contributed by atoms with van der Waals surface area (Å²) in [5.74, 6) is 6.68. The Labute approximate surface area is 206 Å². The van der Waals surface area contributed by atoms with Gasteiger partial charge in [0, 0.05) is 54.3 Å². The molecule has 0 unspecified atom stereocenters. The zero-order valence-electron chi connectivity index (χ0n) is 20.3. The number of rotatable bonds is 4. The van der Waals surface area contributed by atoms with E-state index in [-0.39, 0.29) is 11.6 Å². The molecule has 2 aliphatic heterocycles. The summed E-state index contributed by atoms with van der Waals surface area (Å²) in [6, 6.07) is 12.0. The van der Waals surface area contributed by atoms with E-state index in [4.69, 9.17) is 4.74 Å². The van der Waals surface area contributed by atoms with E-state index in [1.165, 1.54) is 34.9 Å². The molecule has 5 nitrogen and oxygen atoms in total. The predicted octanol–water partition coefficient (Wildman–Crippen LogP) is 5.82. The monoisotopic (exact) mass is 468 g/mol. The van der Waals surface area contributed by atoms with E-state index in [1.54, 1.807) is 12.1 Å². The molecule has 2 saturated heterocycles. The number of nitrogens with one attached hydrogen (secondary N) is 1. The number of benzene rings is 2. The number of H-pyrrole nitrogens is 1. The van der Waals surface area contributed by atoms with Crippen LogP contribution in [0, 0.1) is 24.7 Å². The zero-order chi connectivity index (χ0) is 24.0. The molecule has 6 rings (SSSR count). The number of carboxylic acids is 1. The lowest BCUT2D eigenvalue weighted by Gasteiger charge is -2.45. The third-order valence-corrected chi connectivity index (χ3v) is 8.09. The molecular weight excluding hydrogens is 436 g/mol. The molecule has 1 aliphatic carbocycles. The summed E-state index contributed by atoms with van der Waals surface area (Å²) < 4.78 is 6.31. The molecule has 1 aromatic heterocycles. The molecule has 0 amide bonds. The van der Waals surface area contributed by atoms with Crippen molar-refractivity contribution in [3.63, 3.8) is 0 Å². The Hall–Kier alpha value is -3.07. The number of aromatic amines is 1. The summed E-state index contributed by atoms with van der Waals surface area (Å²) in [5, 5.41) is 10.6. The van der Waals surface area contributed by atoms with Crippen molar-refractivity contribution in [2.45, 2.75) is 63.6 Å². The van der Waals surface area contributed by atoms with Gasteiger partial charge in [0.25, 0.3) is 0 Å². The minimum absolute atomic E-state index is 0.0576. The van der Waals surface area contributed by atoms with Gasteiger partial charge < -0.3 is 14.8 Å². The summed E-state index contributed by atoms with van der Waals surface area (Å²) >= 11 is 0. The van der Waals surface area contributed by atoms with Crippen molar-refractivity contribution in [2.24, 2.45) is 5.92 Å². The van der Waals surface area contributed by atoms with Gasteiger partial charge in [-0.2, -0.15) is 0 Å². The standard InChI is InChI=1S/C30H32N2O3/c1-20-17-24(6-5-21-3-4-21)26(25-11-14-31-28(20)25)19-32-15-13-30(12-2-16-35-30)18-27(32)22-7-9-23(10-8-22)29(33)34/h7-11,14,17,21,27,31H,2-4,12-13,15-16,18-19H2,1H3,(H,33,34)/t27-,30+/m0/s1. The Balaban J connectivity index is 1.38. The van der Waals surface area contributed by atoms with Crippen molar-refractivity contribution in [2.75, 3.05) is 13.2 Å². The van der Waals surface area contributed by atoms with Crippen LogP contribution < -0.4 is 0 Å². The van der Waals surface area contributed by atoms with Gasteiger partial charge in [0.15, 0.2) is 0 Å². The predicted molar refractivity (Wildman–Crippen MR) is 136 cm³/mol. The van der Waals surface area contributed by atoms with Crippen LogP contribution in [0.15, 0.2) is 42.6 Å². The van der Waals surface area contributed by atoms with Gasteiger partial charge >= 0.3 is 5.97 Å². The quantitative estimate of drug-likeness (QED) is 0.474. The number of piperidine rings is 1. The van der Waals surface area contributed by atoms with E-state index in [2.05, 4.69) is 40.8 Å². The van der Waals surface area contributed by atoms with Crippen LogP contribution in [0.1, 0.15) is 77.2 Å². The van der Waals surface area contributed by atoms with Gasteiger partial charge in [-0.25, -0.2) is 4.79 Å². The maximum Gasteiger partial charge on any atom is 0.335 e. The van der Waals surface area contributed by atoms with E-state index in [1.807, 2.05) is 18.3 Å². The summed E-state index contributed by atoms with van der Waals surface area (Å²) in [7, 11) is 0. The molecule has 3 aliphatic rings. The van der Waals surface area contributed by atoms with Crippen LogP contribution in [-0.2, 0) is 11.3 Å². The van der Waals surface area contributed by atoms with E-state index in [0.29, 0.717) is 11.5 Å². The van der Waals surface area contributed by atoms with Crippen LogP contribution in [0.2, 0.25) is 0 Å². The van der Waals surface area contributed by atoms with Gasteiger partial charge in [0.2, 0.25) is 0 Å². The number of aromatic nitrogens is 1. The molecule has 0 bridgehead atoms. The largest absolute Gasteiger partial charge is 0.478 e. The molecule has 1 saturated carbocycles. The highest BCUT2D eigenvalue weighted by atomic mass is 16.5. The maximum absolute atomic E-state index is 11.4. The van der Waals surface area contributed by atoms with E-state index >= 15 is 0 Å². The lowest BCUT2D eigenvalue weighted by Crippen LogP contribution is -2.45. The maximum atomic E-state index is 11.4. The Morgan fingerprint density at radius 3 is 2.77 bits per heavy atom. The van der Waals surface area contributed by atoms with Gasteiger partial charge in [0.1, 0.15) is 0 Å². The average molecular weight is 469 g/mol. The highest BCUT2D eigenvalue weighted by Gasteiger charge is 2.43. The summed E-state index contributed by atoms with van der Waals surface area (Å²) in [4.78, 5) is 17.4. The van der Waals surface area contributed by atoms with Gasteiger partial charge in [-0.1, -0.05) is 24.0 Å². The summed E-state index contributed by atoms with van der Waals surface area (Å²) in [6.07, 6.45) is 8.65. The molecule has 35 heavy (non-hydrogen) atoms. The Bertz CT molecular complexity index is 1320. The molecule has 2 aromatic carbocycles. The normalized spacial score (nSPS) is 24.5. The van der Waals surface area contributed by atoms with E-state index in [9.17, 15) is 9.90 Å². The van der Waals surface area contributed by atoms with E-state index < -0.39 is 5.97 Å². The third-order valence-electron chi connectivity index (χ3n) is 8.09. The number of fused-ring (bicyclic) bond motifs is 1. The van der Waals surface area contributed by atoms with E-state index in [0.717, 1.165) is 56.5 Å². The van der Waals surface area contributed by atoms with Gasteiger partial charge in [-0.15, -0.1) is 0 Å². The first-order valence-corrected chi connectivity index (χ1v) is 12.8. The second-order valence-electron chi connectivity index (χ2n) is 10.5. The first kappa shape index (κ1) is 22.4. The molecule has 0 radical (unpaired) electrons. The van der Waals surface area contributed by atoms with Crippen LogP contribution >= 0.6 is 0 Å². The number of nitrogens with zero attached hydrogens (tertiary/aromatic N) is 1. The first-order chi connectivity index (χ1) is 17.0. The molecule has 2 N–H and O–H groups in total. The fourth-order valence-electron chi connectivity index (χ4n) is 5.93. The van der Waals surface area contributed by atoms with Crippen molar-refractivity contribution in [1.29, 1.82) is 0 Å². The van der Waals surface area contributed by atoms with Crippen molar-refractivity contribution in [3.8, 4) is 11.8 Å². The fourth-order valence-corrected chi connectivity index (χ4v) is 5.93. The number of carbonyl (C=O) groups is 1. The van der Waals surface area contributed by atoms with Crippen LogP contribution in [0.4, 0.5) is 0 Å². The molecule has 180 valence electrons. The molecule has 3 aromatic rings. The molecular formula is C30H32N2O3. The number of aryl methyl sites for hydroxylation is 1. The van der Waals surface area contributed by atoms with Gasteiger partial charge in [-0.05, 0) is 86.4 Å². The van der Waals surface area contributed by atoms with Crippen LogP contribution in [-0.4, -0.2) is 39.7 Å². The lowest BCUT2D eigenvalue weighted by atomic mass is 9.81. The van der Waals surface area contributed by atoms with Gasteiger partial charge in [0.05, 0.1) is 11.2 Å². The Morgan fingerprint density at radius 2 is 2.06 bits per heavy atom. The second-order valence-corrected chi connectivity index (χ2v) is 10.5. The topological polar surface area (TPSA) is 65.6 Å².